The zero-order valence-corrected chi connectivity index (χ0v) is 24.0. The Hall–Kier alpha value is -0.160. The van der Waals surface area contributed by atoms with Crippen molar-refractivity contribution >= 4 is 0 Å². The fraction of sp³-hybridized carbons (Fsp3) is 1.00. The predicted molar refractivity (Wildman–Crippen MR) is 144 cm³/mol. The Balaban J connectivity index is 1.25. The minimum atomic E-state index is -0.983. The van der Waals surface area contributed by atoms with Gasteiger partial charge in [0, 0.05) is 6.61 Å². The first-order valence-corrected chi connectivity index (χ1v) is 15.7. The lowest BCUT2D eigenvalue weighted by Gasteiger charge is -2.62. The van der Waals surface area contributed by atoms with E-state index in [0.717, 1.165) is 43.6 Å². The third-order valence-corrected chi connectivity index (χ3v) is 12.5. The summed E-state index contributed by atoms with van der Waals surface area (Å²) in [6.45, 7) is 12.3. The lowest BCUT2D eigenvalue weighted by molar-refractivity contribution is -0.213. The van der Waals surface area contributed by atoms with Crippen molar-refractivity contribution in [2.75, 3.05) is 6.61 Å². The lowest BCUT2D eigenvalue weighted by atomic mass is 9.44. The molecule has 0 bridgehead atoms. The summed E-state index contributed by atoms with van der Waals surface area (Å²) in [7, 11) is 0. The average Bonchev–Trinajstić information content (AvgIpc) is 3.21. The van der Waals surface area contributed by atoms with Gasteiger partial charge in [0.15, 0.2) is 6.29 Å². The first-order valence-electron chi connectivity index (χ1n) is 15.7. The summed E-state index contributed by atoms with van der Waals surface area (Å²) in [6.07, 6.45) is 16.2. The van der Waals surface area contributed by atoms with Gasteiger partial charge in [0.2, 0.25) is 0 Å². The predicted octanol–water partition coefficient (Wildman–Crippen LogP) is 7.11. The van der Waals surface area contributed by atoms with Crippen LogP contribution in [0, 0.1) is 46.3 Å². The first kappa shape index (κ1) is 27.4. The van der Waals surface area contributed by atoms with Gasteiger partial charge in [0.05, 0.1) is 17.8 Å². The molecule has 1 unspecified atom stereocenters. The van der Waals surface area contributed by atoms with E-state index in [2.05, 4.69) is 27.7 Å². The fourth-order valence-corrected chi connectivity index (χ4v) is 10.4. The Morgan fingerprint density at radius 1 is 0.917 bits per heavy atom. The standard InChI is InChI=1S/C32H56O4/c1-21(2)9-14-28(33)32(5,34)27-13-12-25-24-11-10-22-20-23(36-29-8-6-7-19-35-29)15-17-30(22,3)26(24)16-18-31(25,27)4/h21-29,33-34H,6-20H2,1-5H3/t22-,23-,24-,25-,26-,27-,28+,29?,30-,31-,32+/m0/s1. The molecule has 4 saturated carbocycles. The van der Waals surface area contributed by atoms with E-state index in [9.17, 15) is 10.2 Å². The van der Waals surface area contributed by atoms with E-state index in [0.29, 0.717) is 29.8 Å². The van der Waals surface area contributed by atoms with E-state index in [4.69, 9.17) is 9.47 Å². The zero-order valence-electron chi connectivity index (χ0n) is 24.0. The zero-order chi connectivity index (χ0) is 25.7. The highest BCUT2D eigenvalue weighted by molar-refractivity contribution is 5.12. The van der Waals surface area contributed by atoms with Crippen molar-refractivity contribution in [1.82, 2.24) is 0 Å². The maximum absolute atomic E-state index is 11.7. The smallest absolute Gasteiger partial charge is 0.157 e. The van der Waals surface area contributed by atoms with E-state index in [-0.39, 0.29) is 17.6 Å². The maximum Gasteiger partial charge on any atom is 0.157 e. The summed E-state index contributed by atoms with van der Waals surface area (Å²) in [5, 5.41) is 22.8. The van der Waals surface area contributed by atoms with Crippen LogP contribution < -0.4 is 0 Å². The molecule has 208 valence electrons. The molecule has 2 N–H and O–H groups in total. The van der Waals surface area contributed by atoms with Crippen molar-refractivity contribution in [3.63, 3.8) is 0 Å². The van der Waals surface area contributed by atoms with E-state index >= 15 is 0 Å². The van der Waals surface area contributed by atoms with Crippen molar-refractivity contribution in [2.45, 2.75) is 149 Å². The van der Waals surface area contributed by atoms with E-state index in [1.807, 2.05) is 6.92 Å². The van der Waals surface area contributed by atoms with E-state index in [1.165, 1.54) is 64.2 Å². The van der Waals surface area contributed by atoms with Crippen LogP contribution in [0.4, 0.5) is 0 Å². The molecule has 1 aliphatic heterocycles. The van der Waals surface area contributed by atoms with Crippen molar-refractivity contribution < 1.29 is 19.7 Å². The Bertz CT molecular complexity index is 744. The molecular formula is C32H56O4. The van der Waals surface area contributed by atoms with Gasteiger partial charge in [-0.15, -0.1) is 0 Å². The molecule has 1 saturated heterocycles. The number of fused-ring (bicyclic) bond motifs is 5. The molecular weight excluding hydrogens is 448 g/mol. The normalized spacial score (nSPS) is 47.5. The quantitative estimate of drug-likeness (QED) is 0.363. The monoisotopic (exact) mass is 504 g/mol. The van der Waals surface area contributed by atoms with Gasteiger partial charge in [-0.3, -0.25) is 0 Å². The fourth-order valence-electron chi connectivity index (χ4n) is 10.4. The van der Waals surface area contributed by atoms with Crippen LogP contribution in [0.1, 0.15) is 125 Å². The average molecular weight is 505 g/mol. The SMILES string of the molecule is CC(C)CC[C@@H](O)[C@](C)(O)[C@H]1CC[C@H]2[C@@H]3CC[C@H]4C[C@@H](OC5CCCCO5)CC[C@]4(C)[C@H]3CC[C@]12C. The molecule has 1 heterocycles. The molecule has 0 spiro atoms. The summed E-state index contributed by atoms with van der Waals surface area (Å²) < 4.78 is 12.4. The number of ether oxygens (including phenoxy) is 2. The Morgan fingerprint density at radius 3 is 2.39 bits per heavy atom. The Morgan fingerprint density at radius 2 is 1.67 bits per heavy atom. The highest BCUT2D eigenvalue weighted by Gasteiger charge is 2.63. The number of rotatable bonds is 7. The molecule has 4 aliphatic carbocycles. The van der Waals surface area contributed by atoms with Gasteiger partial charge in [-0.2, -0.15) is 0 Å². The van der Waals surface area contributed by atoms with E-state index in [1.54, 1.807) is 0 Å². The second-order valence-corrected chi connectivity index (χ2v) is 14.9. The molecule has 4 nitrogen and oxygen atoms in total. The van der Waals surface area contributed by atoms with Crippen molar-refractivity contribution in [3.05, 3.63) is 0 Å². The summed E-state index contributed by atoms with van der Waals surface area (Å²) in [4.78, 5) is 0. The topological polar surface area (TPSA) is 58.9 Å². The molecule has 0 aromatic rings. The molecule has 11 atom stereocenters. The summed E-state index contributed by atoms with van der Waals surface area (Å²) in [5.74, 6) is 3.86. The molecule has 5 aliphatic rings. The van der Waals surface area contributed by atoms with Gasteiger partial charge < -0.3 is 19.7 Å². The van der Waals surface area contributed by atoms with Gasteiger partial charge in [-0.25, -0.2) is 0 Å². The lowest BCUT2D eigenvalue weighted by Crippen LogP contribution is -2.57. The van der Waals surface area contributed by atoms with Crippen molar-refractivity contribution in [2.24, 2.45) is 46.3 Å². The largest absolute Gasteiger partial charge is 0.390 e. The summed E-state index contributed by atoms with van der Waals surface area (Å²) in [5.41, 5.74) is -0.386. The van der Waals surface area contributed by atoms with Crippen LogP contribution in [0.5, 0.6) is 0 Å². The number of hydrogen-bond acceptors (Lipinski definition) is 4. The van der Waals surface area contributed by atoms with Crippen LogP contribution in [0.15, 0.2) is 0 Å². The minimum Gasteiger partial charge on any atom is -0.390 e. The van der Waals surface area contributed by atoms with Crippen LogP contribution in [-0.4, -0.2) is 40.9 Å². The highest BCUT2D eigenvalue weighted by atomic mass is 16.7. The van der Waals surface area contributed by atoms with Gasteiger partial charge >= 0.3 is 0 Å². The number of hydrogen-bond donors (Lipinski definition) is 2. The second-order valence-electron chi connectivity index (χ2n) is 14.9. The first-order chi connectivity index (χ1) is 17.1. The van der Waals surface area contributed by atoms with Gasteiger partial charge in [0.1, 0.15) is 0 Å². The number of aliphatic hydroxyl groups excluding tert-OH is 1. The van der Waals surface area contributed by atoms with Gasteiger partial charge in [0.25, 0.3) is 0 Å². The van der Waals surface area contributed by atoms with Gasteiger partial charge in [-0.05, 0) is 143 Å². The molecule has 0 amide bonds. The van der Waals surface area contributed by atoms with Crippen LogP contribution in [0.25, 0.3) is 0 Å². The molecule has 0 aromatic carbocycles. The maximum atomic E-state index is 11.7. The third kappa shape index (κ3) is 4.84. The minimum absolute atomic E-state index is 0.0407. The van der Waals surface area contributed by atoms with Crippen LogP contribution >= 0.6 is 0 Å². The van der Waals surface area contributed by atoms with Crippen molar-refractivity contribution in [3.8, 4) is 0 Å². The van der Waals surface area contributed by atoms with Crippen LogP contribution in [0.3, 0.4) is 0 Å². The molecule has 36 heavy (non-hydrogen) atoms. The summed E-state index contributed by atoms with van der Waals surface area (Å²) >= 11 is 0. The van der Waals surface area contributed by atoms with Crippen LogP contribution in [0.2, 0.25) is 0 Å². The molecule has 4 heteroatoms. The summed E-state index contributed by atoms with van der Waals surface area (Å²) in [6, 6.07) is 0. The highest BCUT2D eigenvalue weighted by Crippen LogP contribution is 2.69. The molecule has 5 fully saturated rings. The Kier molecular flexibility index (Phi) is 7.94. The van der Waals surface area contributed by atoms with Crippen LogP contribution in [-0.2, 0) is 9.47 Å². The third-order valence-electron chi connectivity index (χ3n) is 12.5. The second kappa shape index (κ2) is 10.4. The molecule has 0 radical (unpaired) electrons. The molecule has 0 aromatic heterocycles. The van der Waals surface area contributed by atoms with Crippen molar-refractivity contribution in [1.29, 1.82) is 0 Å². The molecule has 5 rings (SSSR count). The van der Waals surface area contributed by atoms with E-state index < -0.39 is 11.7 Å². The number of aliphatic hydroxyl groups is 2. The Labute approximate surface area is 221 Å². The van der Waals surface area contributed by atoms with Gasteiger partial charge in [-0.1, -0.05) is 27.7 Å².